The van der Waals surface area contributed by atoms with Gasteiger partial charge in [0.05, 0.1) is 5.39 Å². The van der Waals surface area contributed by atoms with Crippen LogP contribution in [0.4, 0.5) is 0 Å². The van der Waals surface area contributed by atoms with E-state index in [9.17, 15) is 9.59 Å². The second-order valence-electron chi connectivity index (χ2n) is 5.50. The fourth-order valence-electron chi connectivity index (χ4n) is 2.99. The van der Waals surface area contributed by atoms with Crippen molar-refractivity contribution in [1.82, 2.24) is 9.55 Å². The van der Waals surface area contributed by atoms with Crippen LogP contribution < -0.4 is 5.56 Å². The van der Waals surface area contributed by atoms with Crippen molar-refractivity contribution in [2.24, 2.45) is 0 Å². The fraction of sp³-hybridized carbons (Fsp3) is 0.533. The molecule has 0 fully saturated rings. The van der Waals surface area contributed by atoms with Crippen molar-refractivity contribution in [1.29, 1.82) is 0 Å². The molecule has 0 saturated heterocycles. The molecule has 0 spiro atoms. The van der Waals surface area contributed by atoms with Crippen LogP contribution in [0.2, 0.25) is 0 Å². The van der Waals surface area contributed by atoms with Crippen LogP contribution in [0, 0.1) is 6.92 Å². The van der Waals surface area contributed by atoms with Crippen LogP contribution >= 0.6 is 11.3 Å². The van der Waals surface area contributed by atoms with E-state index >= 15 is 0 Å². The number of aliphatic carboxylic acids is 1. The Morgan fingerprint density at radius 3 is 2.90 bits per heavy atom. The Labute approximate surface area is 126 Å². The molecular weight excluding hydrogens is 288 g/mol. The van der Waals surface area contributed by atoms with Gasteiger partial charge in [-0.3, -0.25) is 14.2 Å². The highest BCUT2D eigenvalue weighted by molar-refractivity contribution is 7.18. The van der Waals surface area contributed by atoms with E-state index in [1.165, 1.54) is 16.9 Å². The van der Waals surface area contributed by atoms with Gasteiger partial charge in [0.2, 0.25) is 0 Å². The number of fused-ring (bicyclic) bond motifs is 3. The standard InChI is InChI=1S/C15H18N2O3S/c1-9-16-14-13(10-5-2-3-6-11(10)21-14)15(20)17(9)8-4-7-12(18)19/h2-8H2,1H3,(H,18,19). The van der Waals surface area contributed by atoms with Crippen molar-refractivity contribution in [3.8, 4) is 0 Å². The summed E-state index contributed by atoms with van der Waals surface area (Å²) < 4.78 is 1.63. The lowest BCUT2D eigenvalue weighted by molar-refractivity contribution is -0.137. The van der Waals surface area contributed by atoms with Crippen LogP contribution in [-0.2, 0) is 24.2 Å². The minimum Gasteiger partial charge on any atom is -0.481 e. The summed E-state index contributed by atoms with van der Waals surface area (Å²) in [6, 6.07) is 0. The van der Waals surface area contributed by atoms with E-state index in [2.05, 4.69) is 4.98 Å². The van der Waals surface area contributed by atoms with Gasteiger partial charge in [-0.1, -0.05) is 0 Å². The van der Waals surface area contributed by atoms with Crippen molar-refractivity contribution >= 4 is 27.5 Å². The average Bonchev–Trinajstić information content (AvgIpc) is 2.80. The Kier molecular flexibility index (Phi) is 3.80. The molecule has 0 amide bonds. The molecule has 2 aromatic rings. The molecule has 0 unspecified atom stereocenters. The van der Waals surface area contributed by atoms with E-state index in [1.807, 2.05) is 6.92 Å². The Morgan fingerprint density at radius 1 is 1.38 bits per heavy atom. The van der Waals surface area contributed by atoms with E-state index in [0.29, 0.717) is 18.8 Å². The summed E-state index contributed by atoms with van der Waals surface area (Å²) in [7, 11) is 0. The normalized spacial score (nSPS) is 14.3. The highest BCUT2D eigenvalue weighted by Gasteiger charge is 2.21. The number of aryl methyl sites for hydroxylation is 3. The molecule has 2 aromatic heterocycles. The maximum Gasteiger partial charge on any atom is 0.303 e. The first-order valence-corrected chi connectivity index (χ1v) is 8.13. The number of carboxylic acids is 1. The second-order valence-corrected chi connectivity index (χ2v) is 6.59. The first-order chi connectivity index (χ1) is 10.1. The number of carboxylic acid groups (broad SMARTS) is 1. The van der Waals surface area contributed by atoms with Crippen LogP contribution in [-0.4, -0.2) is 20.6 Å². The number of hydrogen-bond donors (Lipinski definition) is 1. The van der Waals surface area contributed by atoms with Crippen LogP contribution in [0.3, 0.4) is 0 Å². The van der Waals surface area contributed by atoms with Gasteiger partial charge in [-0.25, -0.2) is 4.98 Å². The molecular formula is C15H18N2O3S. The first-order valence-electron chi connectivity index (χ1n) is 7.31. The quantitative estimate of drug-likeness (QED) is 0.942. The van der Waals surface area contributed by atoms with Crippen LogP contribution in [0.1, 0.15) is 41.9 Å². The fourth-order valence-corrected chi connectivity index (χ4v) is 4.29. The zero-order valence-electron chi connectivity index (χ0n) is 12.0. The van der Waals surface area contributed by atoms with Crippen molar-refractivity contribution in [3.63, 3.8) is 0 Å². The minimum atomic E-state index is -0.831. The summed E-state index contributed by atoms with van der Waals surface area (Å²) in [5, 5.41) is 9.50. The first kappa shape index (κ1) is 14.3. The number of aromatic nitrogens is 2. The number of thiophene rings is 1. The lowest BCUT2D eigenvalue weighted by Gasteiger charge is -2.11. The molecule has 1 N–H and O–H groups in total. The predicted octanol–water partition coefficient (Wildman–Crippen LogP) is 2.51. The van der Waals surface area contributed by atoms with Gasteiger partial charge in [-0.05, 0) is 44.6 Å². The SMILES string of the molecule is Cc1nc2sc3c(c2c(=O)n1CCCC(=O)O)CCCC3. The third kappa shape index (κ3) is 2.60. The monoisotopic (exact) mass is 306 g/mol. The summed E-state index contributed by atoms with van der Waals surface area (Å²) in [5.41, 5.74) is 1.19. The topological polar surface area (TPSA) is 72.2 Å². The third-order valence-electron chi connectivity index (χ3n) is 4.04. The highest BCUT2D eigenvalue weighted by Crippen LogP contribution is 2.33. The predicted molar refractivity (Wildman–Crippen MR) is 82.1 cm³/mol. The largest absolute Gasteiger partial charge is 0.481 e. The molecule has 3 rings (SSSR count). The maximum absolute atomic E-state index is 12.7. The van der Waals surface area contributed by atoms with Crippen molar-refractivity contribution < 1.29 is 9.90 Å². The Morgan fingerprint density at radius 2 is 2.14 bits per heavy atom. The summed E-state index contributed by atoms with van der Waals surface area (Å²) in [6.45, 7) is 2.24. The number of carbonyl (C=O) groups is 1. The summed E-state index contributed by atoms with van der Waals surface area (Å²) in [4.78, 5) is 30.1. The molecule has 2 heterocycles. The third-order valence-corrected chi connectivity index (χ3v) is 5.22. The Balaban J connectivity index is 2.05. The molecule has 0 atom stereocenters. The summed E-state index contributed by atoms with van der Waals surface area (Å²) in [6.07, 6.45) is 4.86. The van der Waals surface area contributed by atoms with Gasteiger partial charge in [0.1, 0.15) is 10.7 Å². The van der Waals surface area contributed by atoms with E-state index in [0.717, 1.165) is 29.5 Å². The molecule has 0 aliphatic heterocycles. The van der Waals surface area contributed by atoms with Gasteiger partial charge in [0, 0.05) is 17.8 Å². The van der Waals surface area contributed by atoms with Gasteiger partial charge in [-0.15, -0.1) is 11.3 Å². The highest BCUT2D eigenvalue weighted by atomic mass is 32.1. The van der Waals surface area contributed by atoms with Gasteiger partial charge in [0.25, 0.3) is 5.56 Å². The lowest BCUT2D eigenvalue weighted by atomic mass is 9.97. The summed E-state index contributed by atoms with van der Waals surface area (Å²) >= 11 is 1.65. The van der Waals surface area contributed by atoms with E-state index in [1.54, 1.807) is 15.9 Å². The molecule has 1 aliphatic rings. The molecule has 0 bridgehead atoms. The second kappa shape index (κ2) is 5.60. The zero-order chi connectivity index (χ0) is 15.0. The molecule has 0 radical (unpaired) electrons. The van der Waals surface area contributed by atoms with Gasteiger partial charge >= 0.3 is 5.97 Å². The zero-order valence-corrected chi connectivity index (χ0v) is 12.8. The lowest BCUT2D eigenvalue weighted by Crippen LogP contribution is -2.24. The molecule has 5 nitrogen and oxygen atoms in total. The molecule has 112 valence electrons. The van der Waals surface area contributed by atoms with E-state index in [-0.39, 0.29) is 12.0 Å². The number of hydrogen-bond acceptors (Lipinski definition) is 4. The molecule has 0 aromatic carbocycles. The molecule has 6 heteroatoms. The van der Waals surface area contributed by atoms with Gasteiger partial charge in [0.15, 0.2) is 0 Å². The average molecular weight is 306 g/mol. The van der Waals surface area contributed by atoms with Gasteiger partial charge < -0.3 is 5.11 Å². The Bertz CT molecular complexity index is 760. The Hall–Kier alpha value is -1.69. The van der Waals surface area contributed by atoms with E-state index < -0.39 is 5.97 Å². The van der Waals surface area contributed by atoms with Crippen LogP contribution in [0.25, 0.3) is 10.2 Å². The molecule has 1 aliphatic carbocycles. The van der Waals surface area contributed by atoms with Gasteiger partial charge in [-0.2, -0.15) is 0 Å². The number of rotatable bonds is 4. The minimum absolute atomic E-state index is 0.00212. The molecule has 21 heavy (non-hydrogen) atoms. The van der Waals surface area contributed by atoms with Crippen LogP contribution in [0.15, 0.2) is 4.79 Å². The van der Waals surface area contributed by atoms with Crippen molar-refractivity contribution in [2.75, 3.05) is 0 Å². The smallest absolute Gasteiger partial charge is 0.303 e. The van der Waals surface area contributed by atoms with Crippen LogP contribution in [0.5, 0.6) is 0 Å². The maximum atomic E-state index is 12.7. The van der Waals surface area contributed by atoms with E-state index in [4.69, 9.17) is 5.11 Å². The molecule has 0 saturated carbocycles. The number of nitrogens with zero attached hydrogens (tertiary/aromatic N) is 2. The van der Waals surface area contributed by atoms with Crippen molar-refractivity contribution in [3.05, 3.63) is 26.6 Å². The summed E-state index contributed by atoms with van der Waals surface area (Å²) in [5.74, 6) is -0.154. The van der Waals surface area contributed by atoms with Crippen molar-refractivity contribution in [2.45, 2.75) is 52.0 Å².